The number of rotatable bonds is 2. The molecule has 2 heterocycles. The molecule has 0 spiro atoms. The molecule has 0 bridgehead atoms. The lowest BCUT2D eigenvalue weighted by atomic mass is 9.88. The van der Waals surface area contributed by atoms with Crippen molar-refractivity contribution in [2.24, 2.45) is 5.73 Å². The maximum absolute atomic E-state index is 13.5. The average molecular weight is 274 g/mol. The summed E-state index contributed by atoms with van der Waals surface area (Å²) in [5.41, 5.74) is 5.84. The molecule has 1 aromatic rings. The predicted octanol–water partition coefficient (Wildman–Crippen LogP) is 1.91. The number of pyridine rings is 1. The SMILES string of the molecule is CCC1(N)CN(c2ncc(Br)cc2F)C1. The van der Waals surface area contributed by atoms with Crippen molar-refractivity contribution >= 4 is 21.7 Å². The van der Waals surface area contributed by atoms with Crippen LogP contribution >= 0.6 is 15.9 Å². The molecule has 5 heteroatoms. The fraction of sp³-hybridized carbons (Fsp3) is 0.500. The van der Waals surface area contributed by atoms with Crippen LogP contribution in [0.4, 0.5) is 10.2 Å². The zero-order chi connectivity index (χ0) is 11.1. The molecule has 0 unspecified atom stereocenters. The summed E-state index contributed by atoms with van der Waals surface area (Å²) in [6, 6.07) is 1.42. The van der Waals surface area contributed by atoms with Gasteiger partial charge in [0.15, 0.2) is 11.6 Å². The molecule has 0 aromatic carbocycles. The first-order valence-electron chi connectivity index (χ1n) is 4.89. The first kappa shape index (κ1) is 10.8. The van der Waals surface area contributed by atoms with Crippen LogP contribution in [-0.2, 0) is 0 Å². The second kappa shape index (κ2) is 3.72. The highest BCUT2D eigenvalue weighted by Gasteiger charge is 2.39. The summed E-state index contributed by atoms with van der Waals surface area (Å²) >= 11 is 3.18. The molecule has 0 amide bonds. The normalized spacial score (nSPS) is 18.8. The summed E-state index contributed by atoms with van der Waals surface area (Å²) in [5.74, 6) is 0.0928. The Morgan fingerprint density at radius 1 is 1.67 bits per heavy atom. The van der Waals surface area contributed by atoms with Gasteiger partial charge < -0.3 is 10.6 Å². The highest BCUT2D eigenvalue weighted by molar-refractivity contribution is 9.10. The molecular formula is C10H13BrFN3. The standard InChI is InChI=1S/C10H13BrFN3/c1-2-10(13)5-15(6-10)9-8(12)3-7(11)4-14-9/h3-4H,2,5-6,13H2,1H3. The van der Waals surface area contributed by atoms with Crippen LogP contribution in [0.1, 0.15) is 13.3 Å². The van der Waals surface area contributed by atoms with Crippen molar-refractivity contribution < 1.29 is 4.39 Å². The monoisotopic (exact) mass is 273 g/mol. The Labute approximate surface area is 96.6 Å². The smallest absolute Gasteiger partial charge is 0.166 e. The zero-order valence-electron chi connectivity index (χ0n) is 8.50. The molecule has 82 valence electrons. The van der Waals surface area contributed by atoms with Gasteiger partial charge in [0.2, 0.25) is 0 Å². The van der Waals surface area contributed by atoms with E-state index in [-0.39, 0.29) is 11.4 Å². The van der Waals surface area contributed by atoms with Gasteiger partial charge in [-0.05, 0) is 28.4 Å². The van der Waals surface area contributed by atoms with Crippen molar-refractivity contribution in [3.8, 4) is 0 Å². The summed E-state index contributed by atoms with van der Waals surface area (Å²) in [4.78, 5) is 5.91. The molecule has 2 rings (SSSR count). The number of nitrogens with two attached hydrogens (primary N) is 1. The molecular weight excluding hydrogens is 261 g/mol. The fourth-order valence-electron chi connectivity index (χ4n) is 1.73. The second-order valence-electron chi connectivity index (χ2n) is 4.03. The number of anilines is 1. The molecule has 1 aliphatic rings. The number of nitrogens with zero attached hydrogens (tertiary/aromatic N) is 2. The first-order chi connectivity index (χ1) is 7.04. The summed E-state index contributed by atoms with van der Waals surface area (Å²) in [5, 5.41) is 0. The Balaban J connectivity index is 2.13. The van der Waals surface area contributed by atoms with Gasteiger partial charge in [-0.1, -0.05) is 6.92 Å². The van der Waals surface area contributed by atoms with E-state index in [0.717, 1.165) is 6.42 Å². The lowest BCUT2D eigenvalue weighted by Crippen LogP contribution is -2.67. The molecule has 2 N–H and O–H groups in total. The molecule has 0 saturated carbocycles. The molecule has 1 aromatic heterocycles. The molecule has 1 aliphatic heterocycles. The third-order valence-electron chi connectivity index (χ3n) is 2.80. The molecule has 3 nitrogen and oxygen atoms in total. The maximum atomic E-state index is 13.5. The minimum absolute atomic E-state index is 0.165. The first-order valence-corrected chi connectivity index (χ1v) is 5.68. The van der Waals surface area contributed by atoms with Gasteiger partial charge in [-0.3, -0.25) is 0 Å². The van der Waals surface area contributed by atoms with Gasteiger partial charge in [-0.25, -0.2) is 9.37 Å². The number of hydrogen-bond acceptors (Lipinski definition) is 3. The van der Waals surface area contributed by atoms with Crippen LogP contribution in [0, 0.1) is 5.82 Å². The van der Waals surface area contributed by atoms with Crippen molar-refractivity contribution in [2.75, 3.05) is 18.0 Å². The van der Waals surface area contributed by atoms with Crippen LogP contribution in [0.15, 0.2) is 16.7 Å². The summed E-state index contributed by atoms with van der Waals surface area (Å²) in [7, 11) is 0. The quantitative estimate of drug-likeness (QED) is 0.895. The van der Waals surface area contributed by atoms with Gasteiger partial charge in [0.1, 0.15) is 0 Å². The Kier molecular flexibility index (Phi) is 2.68. The van der Waals surface area contributed by atoms with E-state index in [1.807, 2.05) is 11.8 Å². The van der Waals surface area contributed by atoms with Gasteiger partial charge in [0.25, 0.3) is 0 Å². The largest absolute Gasteiger partial charge is 0.350 e. The van der Waals surface area contributed by atoms with E-state index < -0.39 is 0 Å². The van der Waals surface area contributed by atoms with Crippen molar-refractivity contribution in [1.29, 1.82) is 0 Å². The van der Waals surface area contributed by atoms with Crippen LogP contribution in [0.25, 0.3) is 0 Å². The van der Waals surface area contributed by atoms with Crippen LogP contribution in [0.5, 0.6) is 0 Å². The minimum Gasteiger partial charge on any atom is -0.350 e. The van der Waals surface area contributed by atoms with Crippen LogP contribution in [-0.4, -0.2) is 23.6 Å². The van der Waals surface area contributed by atoms with Crippen LogP contribution in [0.3, 0.4) is 0 Å². The van der Waals surface area contributed by atoms with Crippen LogP contribution < -0.4 is 10.6 Å². The van der Waals surface area contributed by atoms with E-state index in [2.05, 4.69) is 20.9 Å². The van der Waals surface area contributed by atoms with Gasteiger partial charge >= 0.3 is 0 Å². The molecule has 15 heavy (non-hydrogen) atoms. The van der Waals surface area contributed by atoms with Crippen molar-refractivity contribution in [3.63, 3.8) is 0 Å². The molecule has 0 radical (unpaired) electrons. The Morgan fingerprint density at radius 3 is 2.87 bits per heavy atom. The number of aromatic nitrogens is 1. The van der Waals surface area contributed by atoms with Gasteiger partial charge in [-0.2, -0.15) is 0 Å². The molecule has 1 fully saturated rings. The van der Waals surface area contributed by atoms with Crippen molar-refractivity contribution in [1.82, 2.24) is 4.98 Å². The number of hydrogen-bond donors (Lipinski definition) is 1. The van der Waals surface area contributed by atoms with E-state index in [4.69, 9.17) is 5.73 Å². The Bertz CT molecular complexity index is 377. The van der Waals surface area contributed by atoms with Gasteiger partial charge in [-0.15, -0.1) is 0 Å². The fourth-order valence-corrected chi connectivity index (χ4v) is 2.03. The highest BCUT2D eigenvalue weighted by Crippen LogP contribution is 2.29. The summed E-state index contributed by atoms with van der Waals surface area (Å²) < 4.78 is 14.2. The van der Waals surface area contributed by atoms with E-state index in [9.17, 15) is 4.39 Å². The maximum Gasteiger partial charge on any atom is 0.166 e. The topological polar surface area (TPSA) is 42.1 Å². The van der Waals surface area contributed by atoms with E-state index in [1.165, 1.54) is 6.07 Å². The Hall–Kier alpha value is -0.680. The van der Waals surface area contributed by atoms with Gasteiger partial charge in [0, 0.05) is 23.8 Å². The lowest BCUT2D eigenvalue weighted by Gasteiger charge is -2.48. The molecule has 1 saturated heterocycles. The van der Waals surface area contributed by atoms with Crippen LogP contribution in [0.2, 0.25) is 0 Å². The second-order valence-corrected chi connectivity index (χ2v) is 4.95. The van der Waals surface area contributed by atoms with Crippen molar-refractivity contribution in [2.45, 2.75) is 18.9 Å². The van der Waals surface area contributed by atoms with E-state index in [1.54, 1.807) is 6.20 Å². The van der Waals surface area contributed by atoms with Gasteiger partial charge in [0.05, 0.1) is 5.54 Å². The zero-order valence-corrected chi connectivity index (χ0v) is 10.1. The minimum atomic E-state index is -0.303. The lowest BCUT2D eigenvalue weighted by molar-refractivity contribution is 0.317. The molecule has 0 aliphatic carbocycles. The number of halogens is 2. The van der Waals surface area contributed by atoms with E-state index >= 15 is 0 Å². The Morgan fingerprint density at radius 2 is 2.33 bits per heavy atom. The summed E-state index contributed by atoms with van der Waals surface area (Å²) in [6.45, 7) is 3.40. The van der Waals surface area contributed by atoms with E-state index in [0.29, 0.717) is 23.4 Å². The summed E-state index contributed by atoms with van der Waals surface area (Å²) in [6.07, 6.45) is 2.50. The predicted molar refractivity (Wildman–Crippen MR) is 61.3 cm³/mol. The molecule has 0 atom stereocenters. The average Bonchev–Trinajstić information content (AvgIpc) is 2.14. The third kappa shape index (κ3) is 1.99. The third-order valence-corrected chi connectivity index (χ3v) is 3.24. The van der Waals surface area contributed by atoms with Crippen molar-refractivity contribution in [3.05, 3.63) is 22.6 Å². The highest BCUT2D eigenvalue weighted by atomic mass is 79.9.